The second kappa shape index (κ2) is 7.10. The highest BCUT2D eigenvalue weighted by molar-refractivity contribution is 7.87. The molecular formula is C8H19N3O2S2. The summed E-state index contributed by atoms with van der Waals surface area (Å²) in [5.74, 6) is 0. The summed E-state index contributed by atoms with van der Waals surface area (Å²) in [5, 5.41) is 0. The predicted molar refractivity (Wildman–Crippen MR) is 65.8 cm³/mol. The minimum Gasteiger partial charge on any atom is -0.393 e. The van der Waals surface area contributed by atoms with Crippen LogP contribution in [0, 0.1) is 0 Å². The molecule has 0 aliphatic carbocycles. The molecule has 7 heteroatoms. The fourth-order valence-electron chi connectivity index (χ4n) is 1.01. The molecule has 0 radical (unpaired) electrons. The van der Waals surface area contributed by atoms with Crippen LogP contribution in [0.2, 0.25) is 0 Å². The van der Waals surface area contributed by atoms with E-state index in [0.717, 1.165) is 6.42 Å². The van der Waals surface area contributed by atoms with Crippen LogP contribution in [0.5, 0.6) is 0 Å². The quantitative estimate of drug-likeness (QED) is 0.542. The van der Waals surface area contributed by atoms with Gasteiger partial charge < -0.3 is 5.73 Å². The van der Waals surface area contributed by atoms with Gasteiger partial charge in [-0.1, -0.05) is 26.1 Å². The molecule has 4 N–H and O–H groups in total. The third kappa shape index (κ3) is 7.66. The lowest BCUT2D eigenvalue weighted by Gasteiger charge is -2.16. The molecule has 0 bridgehead atoms. The van der Waals surface area contributed by atoms with Crippen LogP contribution in [0.15, 0.2) is 0 Å². The smallest absolute Gasteiger partial charge is 0.277 e. The molecule has 0 spiro atoms. The van der Waals surface area contributed by atoms with E-state index in [9.17, 15) is 8.42 Å². The number of thiocarbonyl (C=S) groups is 1. The summed E-state index contributed by atoms with van der Waals surface area (Å²) in [6, 6.07) is -0.225. The van der Waals surface area contributed by atoms with E-state index in [2.05, 4.69) is 9.44 Å². The Morgan fingerprint density at radius 1 is 1.47 bits per heavy atom. The lowest BCUT2D eigenvalue weighted by molar-refractivity contribution is 0.533. The van der Waals surface area contributed by atoms with Gasteiger partial charge in [-0.05, 0) is 12.8 Å². The van der Waals surface area contributed by atoms with E-state index in [-0.39, 0.29) is 6.04 Å². The van der Waals surface area contributed by atoms with E-state index in [0.29, 0.717) is 24.4 Å². The minimum absolute atomic E-state index is 0.225. The topological polar surface area (TPSA) is 84.2 Å². The third-order valence-electron chi connectivity index (χ3n) is 1.80. The molecule has 1 unspecified atom stereocenters. The Balaban J connectivity index is 4.21. The van der Waals surface area contributed by atoms with Gasteiger partial charge in [-0.3, -0.25) is 0 Å². The Bertz CT molecular complexity index is 290. The van der Waals surface area contributed by atoms with E-state index in [1.54, 1.807) is 0 Å². The summed E-state index contributed by atoms with van der Waals surface area (Å²) in [6.07, 6.45) is 1.80. The summed E-state index contributed by atoms with van der Waals surface area (Å²) >= 11 is 4.74. The molecule has 1 atom stereocenters. The number of hydrogen-bond acceptors (Lipinski definition) is 3. The van der Waals surface area contributed by atoms with Gasteiger partial charge in [-0.25, -0.2) is 4.72 Å². The van der Waals surface area contributed by atoms with Gasteiger partial charge in [-0.15, -0.1) is 0 Å². The van der Waals surface area contributed by atoms with Gasteiger partial charge in [0, 0.05) is 19.0 Å². The van der Waals surface area contributed by atoms with Crippen LogP contribution in [-0.4, -0.2) is 26.0 Å². The molecule has 15 heavy (non-hydrogen) atoms. The third-order valence-corrected chi connectivity index (χ3v) is 3.20. The monoisotopic (exact) mass is 253 g/mol. The lowest BCUT2D eigenvalue weighted by atomic mass is 10.2. The fourth-order valence-corrected chi connectivity index (χ4v) is 2.46. The molecule has 0 rings (SSSR count). The van der Waals surface area contributed by atoms with Crippen molar-refractivity contribution in [1.29, 1.82) is 0 Å². The molecule has 0 saturated carbocycles. The van der Waals surface area contributed by atoms with Gasteiger partial charge >= 0.3 is 0 Å². The van der Waals surface area contributed by atoms with E-state index < -0.39 is 10.2 Å². The molecule has 0 aromatic rings. The first-order chi connectivity index (χ1) is 6.91. The highest BCUT2D eigenvalue weighted by Gasteiger charge is 2.15. The van der Waals surface area contributed by atoms with Crippen LogP contribution in [0.3, 0.4) is 0 Å². The summed E-state index contributed by atoms with van der Waals surface area (Å²) in [5.41, 5.74) is 5.36. The van der Waals surface area contributed by atoms with Crippen molar-refractivity contribution in [3.8, 4) is 0 Å². The average Bonchev–Trinajstić information content (AvgIpc) is 2.12. The van der Waals surface area contributed by atoms with E-state index in [1.165, 1.54) is 0 Å². The second-order valence-electron chi connectivity index (χ2n) is 3.29. The Kier molecular flexibility index (Phi) is 6.99. The second-order valence-corrected chi connectivity index (χ2v) is 5.35. The van der Waals surface area contributed by atoms with Crippen molar-refractivity contribution < 1.29 is 8.42 Å². The molecule has 0 fully saturated rings. The lowest BCUT2D eigenvalue weighted by Crippen LogP contribution is -2.44. The molecule has 0 aromatic carbocycles. The molecule has 0 saturated heterocycles. The summed E-state index contributed by atoms with van der Waals surface area (Å²) < 4.78 is 27.8. The Labute approximate surface area is 97.0 Å². The van der Waals surface area contributed by atoms with Crippen molar-refractivity contribution in [2.45, 2.75) is 39.2 Å². The van der Waals surface area contributed by atoms with Gasteiger partial charge in [-0.2, -0.15) is 13.1 Å². The number of hydrogen-bond donors (Lipinski definition) is 3. The minimum atomic E-state index is -3.42. The molecule has 0 aliphatic heterocycles. The van der Waals surface area contributed by atoms with Crippen molar-refractivity contribution in [1.82, 2.24) is 9.44 Å². The van der Waals surface area contributed by atoms with Gasteiger partial charge in [0.15, 0.2) is 0 Å². The molecular weight excluding hydrogens is 234 g/mol. The molecule has 5 nitrogen and oxygen atoms in total. The summed E-state index contributed by atoms with van der Waals surface area (Å²) in [4.78, 5) is 0.319. The number of nitrogens with one attached hydrogen (secondary N) is 2. The molecule has 0 aliphatic rings. The van der Waals surface area contributed by atoms with Crippen molar-refractivity contribution in [3.63, 3.8) is 0 Å². The maximum atomic E-state index is 11.4. The normalized spacial score (nSPS) is 13.7. The van der Waals surface area contributed by atoms with Gasteiger partial charge in [0.1, 0.15) is 0 Å². The zero-order valence-corrected chi connectivity index (χ0v) is 10.7. The average molecular weight is 253 g/mol. The van der Waals surface area contributed by atoms with Crippen LogP contribution in [-0.2, 0) is 10.2 Å². The zero-order chi connectivity index (χ0) is 11.9. The van der Waals surface area contributed by atoms with Crippen LogP contribution in [0.4, 0.5) is 0 Å². The van der Waals surface area contributed by atoms with Crippen molar-refractivity contribution in [2.75, 3.05) is 6.54 Å². The fraction of sp³-hybridized carbons (Fsp3) is 0.875. The first kappa shape index (κ1) is 14.8. The highest BCUT2D eigenvalue weighted by atomic mass is 32.2. The van der Waals surface area contributed by atoms with Crippen LogP contribution >= 0.6 is 12.2 Å². The predicted octanol–water partition coefficient (Wildman–Crippen LogP) is 0.275. The first-order valence-corrected chi connectivity index (χ1v) is 6.85. The highest BCUT2D eigenvalue weighted by Crippen LogP contribution is 1.99. The van der Waals surface area contributed by atoms with Gasteiger partial charge in [0.05, 0.1) is 4.99 Å². The SMILES string of the molecule is CCCNS(=O)(=O)NC(CC)CC(N)=S. The Morgan fingerprint density at radius 3 is 2.47 bits per heavy atom. The van der Waals surface area contributed by atoms with Crippen LogP contribution < -0.4 is 15.2 Å². The molecule has 0 aromatic heterocycles. The standard InChI is InChI=1S/C8H19N3O2S2/c1-3-5-10-15(12,13)11-7(4-2)6-8(9)14/h7,10-11H,3-6H2,1-2H3,(H2,9,14). The maximum Gasteiger partial charge on any atom is 0.277 e. The van der Waals surface area contributed by atoms with Gasteiger partial charge in [0.25, 0.3) is 10.2 Å². The summed E-state index contributed by atoms with van der Waals surface area (Å²) in [7, 11) is -3.42. The number of nitrogens with two attached hydrogens (primary N) is 1. The van der Waals surface area contributed by atoms with Gasteiger partial charge in [0.2, 0.25) is 0 Å². The zero-order valence-electron chi connectivity index (χ0n) is 9.12. The first-order valence-electron chi connectivity index (χ1n) is 4.96. The largest absolute Gasteiger partial charge is 0.393 e. The van der Waals surface area contributed by atoms with Crippen LogP contribution in [0.25, 0.3) is 0 Å². The Hall–Kier alpha value is -0.240. The van der Waals surface area contributed by atoms with E-state index >= 15 is 0 Å². The van der Waals surface area contributed by atoms with E-state index in [4.69, 9.17) is 18.0 Å². The van der Waals surface area contributed by atoms with E-state index in [1.807, 2.05) is 13.8 Å². The molecule has 0 heterocycles. The molecule has 90 valence electrons. The maximum absolute atomic E-state index is 11.4. The van der Waals surface area contributed by atoms with Crippen molar-refractivity contribution in [2.24, 2.45) is 5.73 Å². The van der Waals surface area contributed by atoms with Crippen molar-refractivity contribution >= 4 is 27.4 Å². The van der Waals surface area contributed by atoms with Crippen LogP contribution in [0.1, 0.15) is 33.1 Å². The molecule has 0 amide bonds. The number of rotatable bonds is 8. The Morgan fingerprint density at radius 2 is 2.07 bits per heavy atom. The summed E-state index contributed by atoms with van der Waals surface area (Å²) in [6.45, 7) is 4.21. The van der Waals surface area contributed by atoms with Crippen molar-refractivity contribution in [3.05, 3.63) is 0 Å².